The fraction of sp³-hybridized carbons (Fsp3) is 0.538. The standard InChI is InChI=1S/C13H18N2/c1-15-7-6-13-12(9-15)11-5-3-2-4-10(11)8-14-13/h2-7,10-14H,8-9H2,1H3. The van der Waals surface area contributed by atoms with Crippen molar-refractivity contribution >= 4 is 0 Å². The van der Waals surface area contributed by atoms with Gasteiger partial charge in [0, 0.05) is 32.1 Å². The van der Waals surface area contributed by atoms with Crippen LogP contribution in [0.5, 0.6) is 0 Å². The van der Waals surface area contributed by atoms with Gasteiger partial charge in [-0.25, -0.2) is 0 Å². The maximum Gasteiger partial charge on any atom is 0.0318 e. The molecule has 0 aromatic rings. The van der Waals surface area contributed by atoms with Crippen LogP contribution in [0.3, 0.4) is 0 Å². The zero-order chi connectivity index (χ0) is 10.3. The third-order valence-electron chi connectivity index (χ3n) is 3.89. The van der Waals surface area contributed by atoms with E-state index in [0.717, 1.165) is 18.4 Å². The first-order valence-electron chi connectivity index (χ1n) is 5.81. The highest BCUT2D eigenvalue weighted by Gasteiger charge is 2.37. The molecule has 1 aliphatic carbocycles. The fourth-order valence-electron chi connectivity index (χ4n) is 3.08. The van der Waals surface area contributed by atoms with Gasteiger partial charge in [0.15, 0.2) is 0 Å². The van der Waals surface area contributed by atoms with Crippen molar-refractivity contribution in [2.75, 3.05) is 20.1 Å². The lowest BCUT2D eigenvalue weighted by molar-refractivity contribution is 0.159. The molecular weight excluding hydrogens is 184 g/mol. The molecule has 0 spiro atoms. The van der Waals surface area contributed by atoms with E-state index in [9.17, 15) is 0 Å². The van der Waals surface area contributed by atoms with Gasteiger partial charge in [0.2, 0.25) is 0 Å². The maximum absolute atomic E-state index is 3.64. The number of allylic oxidation sites excluding steroid dienone is 3. The van der Waals surface area contributed by atoms with Crippen LogP contribution in [0, 0.1) is 17.8 Å². The number of hydrogen-bond donors (Lipinski definition) is 1. The van der Waals surface area contributed by atoms with Crippen LogP contribution in [0.15, 0.2) is 36.6 Å². The molecule has 2 aliphatic heterocycles. The van der Waals surface area contributed by atoms with Gasteiger partial charge in [0.05, 0.1) is 0 Å². The quantitative estimate of drug-likeness (QED) is 0.638. The van der Waals surface area contributed by atoms with Crippen molar-refractivity contribution in [3.63, 3.8) is 0 Å². The SMILES string of the molecule is CN1C=CC2NCC3C=CC=CC3C2C1. The van der Waals surface area contributed by atoms with E-state index >= 15 is 0 Å². The van der Waals surface area contributed by atoms with E-state index in [1.165, 1.54) is 6.54 Å². The molecule has 1 saturated heterocycles. The van der Waals surface area contributed by atoms with E-state index < -0.39 is 0 Å². The third-order valence-corrected chi connectivity index (χ3v) is 3.89. The Balaban J connectivity index is 1.86. The van der Waals surface area contributed by atoms with Crippen molar-refractivity contribution in [2.45, 2.75) is 6.04 Å². The van der Waals surface area contributed by atoms with Crippen LogP contribution >= 0.6 is 0 Å². The number of hydrogen-bond acceptors (Lipinski definition) is 2. The van der Waals surface area contributed by atoms with Crippen molar-refractivity contribution in [3.05, 3.63) is 36.6 Å². The van der Waals surface area contributed by atoms with Crippen LogP contribution in [0.25, 0.3) is 0 Å². The fourth-order valence-corrected chi connectivity index (χ4v) is 3.08. The van der Waals surface area contributed by atoms with Crippen molar-refractivity contribution in [1.29, 1.82) is 0 Å². The summed E-state index contributed by atoms with van der Waals surface area (Å²) in [7, 11) is 2.17. The van der Waals surface area contributed by atoms with Gasteiger partial charge in [0.25, 0.3) is 0 Å². The normalized spacial score (nSPS) is 42.6. The number of rotatable bonds is 0. The third kappa shape index (κ3) is 1.53. The van der Waals surface area contributed by atoms with Crippen LogP contribution in [0.2, 0.25) is 0 Å². The highest BCUT2D eigenvalue weighted by Crippen LogP contribution is 2.35. The maximum atomic E-state index is 3.64. The average Bonchev–Trinajstić information content (AvgIpc) is 2.29. The van der Waals surface area contributed by atoms with Gasteiger partial charge >= 0.3 is 0 Å². The van der Waals surface area contributed by atoms with Crippen LogP contribution in [0.1, 0.15) is 0 Å². The van der Waals surface area contributed by atoms with Gasteiger partial charge in [0.1, 0.15) is 0 Å². The zero-order valence-electron chi connectivity index (χ0n) is 9.13. The lowest BCUT2D eigenvalue weighted by Gasteiger charge is -2.45. The molecule has 80 valence electrons. The monoisotopic (exact) mass is 202 g/mol. The summed E-state index contributed by atoms with van der Waals surface area (Å²) in [6, 6.07) is 0.582. The molecule has 15 heavy (non-hydrogen) atoms. The Morgan fingerprint density at radius 2 is 2.07 bits per heavy atom. The summed E-state index contributed by atoms with van der Waals surface area (Å²) in [6.07, 6.45) is 13.7. The summed E-state index contributed by atoms with van der Waals surface area (Å²) in [5, 5.41) is 3.64. The first-order chi connectivity index (χ1) is 7.34. The molecule has 2 heterocycles. The highest BCUT2D eigenvalue weighted by atomic mass is 15.1. The lowest BCUT2D eigenvalue weighted by atomic mass is 9.71. The number of piperidine rings is 1. The average molecular weight is 202 g/mol. The molecular formula is C13H18N2. The Morgan fingerprint density at radius 3 is 3.00 bits per heavy atom. The van der Waals surface area contributed by atoms with E-state index in [0.29, 0.717) is 12.0 Å². The molecule has 0 amide bonds. The molecule has 0 aromatic carbocycles. The molecule has 2 nitrogen and oxygen atoms in total. The Kier molecular flexibility index (Phi) is 2.17. The van der Waals surface area contributed by atoms with Crippen LogP contribution in [0.4, 0.5) is 0 Å². The minimum Gasteiger partial charge on any atom is -0.380 e. The molecule has 4 atom stereocenters. The molecule has 3 rings (SSSR count). The summed E-state index contributed by atoms with van der Waals surface area (Å²) in [6.45, 7) is 2.30. The van der Waals surface area contributed by atoms with Gasteiger partial charge in [-0.15, -0.1) is 0 Å². The first kappa shape index (κ1) is 9.22. The number of nitrogens with one attached hydrogen (secondary N) is 1. The van der Waals surface area contributed by atoms with E-state index in [2.05, 4.69) is 53.8 Å². The van der Waals surface area contributed by atoms with E-state index in [1.807, 2.05) is 0 Å². The Bertz CT molecular complexity index is 329. The summed E-state index contributed by atoms with van der Waals surface area (Å²) >= 11 is 0. The molecule has 4 unspecified atom stereocenters. The molecule has 1 N–H and O–H groups in total. The van der Waals surface area contributed by atoms with Crippen molar-refractivity contribution in [3.8, 4) is 0 Å². The first-order valence-corrected chi connectivity index (χ1v) is 5.81. The molecule has 0 radical (unpaired) electrons. The summed E-state index contributed by atoms with van der Waals surface area (Å²) in [5.74, 6) is 2.17. The van der Waals surface area contributed by atoms with Crippen molar-refractivity contribution < 1.29 is 0 Å². The van der Waals surface area contributed by atoms with Gasteiger partial charge < -0.3 is 10.2 Å². The minimum atomic E-state index is 0.582. The molecule has 0 saturated carbocycles. The second-order valence-electron chi connectivity index (χ2n) is 4.89. The molecule has 3 aliphatic rings. The zero-order valence-corrected chi connectivity index (χ0v) is 9.13. The van der Waals surface area contributed by atoms with Crippen LogP contribution in [-0.4, -0.2) is 31.1 Å². The van der Waals surface area contributed by atoms with Gasteiger partial charge in [-0.05, 0) is 18.0 Å². The molecule has 0 aromatic heterocycles. The Morgan fingerprint density at radius 1 is 1.20 bits per heavy atom. The van der Waals surface area contributed by atoms with E-state index in [-0.39, 0.29) is 0 Å². The summed E-state index contributed by atoms with van der Waals surface area (Å²) in [5.41, 5.74) is 0. The largest absolute Gasteiger partial charge is 0.380 e. The van der Waals surface area contributed by atoms with Crippen LogP contribution < -0.4 is 5.32 Å². The Hall–Kier alpha value is -1.02. The van der Waals surface area contributed by atoms with Crippen molar-refractivity contribution in [1.82, 2.24) is 10.2 Å². The predicted molar refractivity (Wildman–Crippen MR) is 62.3 cm³/mol. The molecule has 2 heteroatoms. The topological polar surface area (TPSA) is 15.3 Å². The number of fused-ring (bicyclic) bond motifs is 3. The van der Waals surface area contributed by atoms with Crippen molar-refractivity contribution in [2.24, 2.45) is 17.8 Å². The summed E-state index contributed by atoms with van der Waals surface area (Å²) in [4.78, 5) is 2.30. The predicted octanol–water partition coefficient (Wildman–Crippen LogP) is 1.39. The van der Waals surface area contributed by atoms with E-state index in [4.69, 9.17) is 0 Å². The van der Waals surface area contributed by atoms with Gasteiger partial charge in [-0.1, -0.05) is 30.4 Å². The van der Waals surface area contributed by atoms with E-state index in [1.54, 1.807) is 0 Å². The van der Waals surface area contributed by atoms with Gasteiger partial charge in [-0.3, -0.25) is 0 Å². The second-order valence-corrected chi connectivity index (χ2v) is 4.89. The smallest absolute Gasteiger partial charge is 0.0318 e. The lowest BCUT2D eigenvalue weighted by Crippen LogP contribution is -2.54. The number of nitrogens with zero attached hydrogens (tertiary/aromatic N) is 1. The highest BCUT2D eigenvalue weighted by molar-refractivity contribution is 5.20. The Labute approximate surface area is 91.3 Å². The molecule has 0 bridgehead atoms. The molecule has 1 fully saturated rings. The van der Waals surface area contributed by atoms with Gasteiger partial charge in [-0.2, -0.15) is 0 Å². The minimum absolute atomic E-state index is 0.582. The van der Waals surface area contributed by atoms with Crippen LogP contribution in [-0.2, 0) is 0 Å². The second kappa shape index (κ2) is 3.53. The summed E-state index contributed by atoms with van der Waals surface area (Å²) < 4.78 is 0.